The molecule has 0 radical (unpaired) electrons. The van der Waals surface area contributed by atoms with Gasteiger partial charge in [-0.25, -0.2) is 9.97 Å². The summed E-state index contributed by atoms with van der Waals surface area (Å²) in [6.45, 7) is 2.11. The van der Waals surface area contributed by atoms with Gasteiger partial charge in [0, 0.05) is 6.04 Å². The normalized spacial score (nSPS) is 12.2. The molecule has 25 heavy (non-hydrogen) atoms. The Morgan fingerprint density at radius 1 is 1.08 bits per heavy atom. The lowest BCUT2D eigenvalue weighted by molar-refractivity contribution is 0.865. The molecule has 0 spiro atoms. The first-order chi connectivity index (χ1) is 12.2. The van der Waals surface area contributed by atoms with Crippen LogP contribution in [0.2, 0.25) is 0 Å². The maximum Gasteiger partial charge on any atom is 0.159 e. The summed E-state index contributed by atoms with van der Waals surface area (Å²) in [5.41, 5.74) is 4.38. The highest BCUT2D eigenvalue weighted by molar-refractivity contribution is 6.33. The fraction of sp³-hybridized carbons (Fsp3) is 0.105. The van der Waals surface area contributed by atoms with Crippen molar-refractivity contribution in [3.63, 3.8) is 0 Å². The van der Waals surface area contributed by atoms with Crippen LogP contribution < -0.4 is 10.8 Å². The van der Waals surface area contributed by atoms with Crippen molar-refractivity contribution < 1.29 is 0 Å². The lowest BCUT2D eigenvalue weighted by Gasteiger charge is -2.15. The fourth-order valence-corrected chi connectivity index (χ4v) is 2.89. The van der Waals surface area contributed by atoms with Gasteiger partial charge in [-0.05, 0) is 24.6 Å². The molecule has 1 atom stereocenters. The minimum Gasteiger partial charge on any atom is -0.362 e. The third-order valence-corrected chi connectivity index (χ3v) is 4.24. The van der Waals surface area contributed by atoms with Gasteiger partial charge in [0.25, 0.3) is 0 Å². The van der Waals surface area contributed by atoms with Gasteiger partial charge in [0.1, 0.15) is 20.0 Å². The number of benzene rings is 2. The Morgan fingerprint density at radius 2 is 1.92 bits per heavy atom. The van der Waals surface area contributed by atoms with Crippen LogP contribution in [0.25, 0.3) is 16.9 Å². The highest BCUT2D eigenvalue weighted by Gasteiger charge is 2.09. The van der Waals surface area contributed by atoms with Gasteiger partial charge >= 0.3 is 0 Å². The predicted octanol–water partition coefficient (Wildman–Crippen LogP) is 2.25. The molecule has 0 aliphatic heterocycles. The summed E-state index contributed by atoms with van der Waals surface area (Å²) in [6.07, 6.45) is 5.28. The molecule has 0 unspecified atom stereocenters. The largest absolute Gasteiger partial charge is 0.362 e. The molecule has 1 N–H and O–H groups in total. The Labute approximate surface area is 147 Å². The van der Waals surface area contributed by atoms with E-state index in [0.717, 1.165) is 22.7 Å². The van der Waals surface area contributed by atoms with Crippen LogP contribution in [-0.4, -0.2) is 27.4 Å². The monoisotopic (exact) mass is 327 g/mol. The molecule has 0 bridgehead atoms. The smallest absolute Gasteiger partial charge is 0.159 e. The number of aromatic nitrogens is 4. The lowest BCUT2D eigenvalue weighted by Crippen LogP contribution is -2.09. The van der Waals surface area contributed by atoms with Gasteiger partial charge in [0.05, 0.1) is 23.4 Å². The van der Waals surface area contributed by atoms with Crippen LogP contribution in [0.5, 0.6) is 0 Å². The third kappa shape index (κ3) is 3.11. The topological polar surface area (TPSA) is 55.6 Å². The summed E-state index contributed by atoms with van der Waals surface area (Å²) < 4.78 is 1.96. The molecule has 4 rings (SSSR count). The predicted molar refractivity (Wildman–Crippen MR) is 103 cm³/mol. The SMILES string of the molecule is Bc1ccc2c(c1)ncn2-c1cncc(N[C@@H](C)c2ccccc2)n1. The van der Waals surface area contributed by atoms with E-state index >= 15 is 0 Å². The quantitative estimate of drug-likeness (QED) is 0.584. The molecule has 0 fully saturated rings. The van der Waals surface area contributed by atoms with Crippen molar-refractivity contribution in [2.45, 2.75) is 13.0 Å². The zero-order valence-corrected chi connectivity index (χ0v) is 14.2. The van der Waals surface area contributed by atoms with Gasteiger partial charge in [0.2, 0.25) is 0 Å². The van der Waals surface area contributed by atoms with Crippen LogP contribution in [0.1, 0.15) is 18.5 Å². The van der Waals surface area contributed by atoms with Crippen LogP contribution >= 0.6 is 0 Å². The van der Waals surface area contributed by atoms with Crippen molar-refractivity contribution in [3.05, 3.63) is 72.8 Å². The van der Waals surface area contributed by atoms with Crippen molar-refractivity contribution in [3.8, 4) is 5.82 Å². The van der Waals surface area contributed by atoms with E-state index in [1.165, 1.54) is 11.0 Å². The van der Waals surface area contributed by atoms with E-state index in [0.29, 0.717) is 0 Å². The Bertz CT molecular complexity index is 1010. The summed E-state index contributed by atoms with van der Waals surface area (Å²) in [5.74, 6) is 1.49. The second-order valence-electron chi connectivity index (χ2n) is 6.15. The van der Waals surface area contributed by atoms with Gasteiger partial charge < -0.3 is 5.32 Å². The van der Waals surface area contributed by atoms with Gasteiger partial charge in [0.15, 0.2) is 5.82 Å². The van der Waals surface area contributed by atoms with E-state index < -0.39 is 0 Å². The number of rotatable bonds is 4. The molecule has 0 amide bonds. The first kappa shape index (κ1) is 15.4. The number of hydrogen-bond donors (Lipinski definition) is 1. The second kappa shape index (κ2) is 6.40. The molecule has 0 aliphatic rings. The molecular formula is C19H18BN5. The van der Waals surface area contributed by atoms with E-state index in [1.54, 1.807) is 18.7 Å². The Morgan fingerprint density at radius 3 is 2.76 bits per heavy atom. The van der Waals surface area contributed by atoms with Crippen LogP contribution in [0.3, 0.4) is 0 Å². The number of anilines is 1. The summed E-state index contributed by atoms with van der Waals surface area (Å²) >= 11 is 0. The molecule has 2 aromatic heterocycles. The molecular weight excluding hydrogens is 309 g/mol. The zero-order valence-electron chi connectivity index (χ0n) is 14.2. The van der Waals surface area contributed by atoms with Crippen LogP contribution in [-0.2, 0) is 0 Å². The highest BCUT2D eigenvalue weighted by atomic mass is 15.2. The summed E-state index contributed by atoms with van der Waals surface area (Å²) in [6, 6.07) is 16.6. The molecule has 5 nitrogen and oxygen atoms in total. The average Bonchev–Trinajstić information content (AvgIpc) is 3.05. The van der Waals surface area contributed by atoms with E-state index in [2.05, 4.69) is 60.4 Å². The average molecular weight is 327 g/mol. The van der Waals surface area contributed by atoms with Gasteiger partial charge in [-0.1, -0.05) is 41.9 Å². The standard InChI is InChI=1S/C19H18BN5/c1-13(14-5-3-2-4-6-14)23-18-10-21-11-19(24-18)25-12-22-16-9-15(20)7-8-17(16)25/h2-13H,20H2,1H3,(H,23,24)/t13-/m0/s1. The van der Waals surface area contributed by atoms with Gasteiger partial charge in [-0.15, -0.1) is 0 Å². The van der Waals surface area contributed by atoms with Crippen LogP contribution in [0.15, 0.2) is 67.3 Å². The number of nitrogens with one attached hydrogen (secondary N) is 1. The number of fused-ring (bicyclic) bond motifs is 1. The molecule has 0 saturated heterocycles. The summed E-state index contributed by atoms with van der Waals surface area (Å²) in [5, 5.41) is 3.41. The number of nitrogens with zero attached hydrogens (tertiary/aromatic N) is 4. The van der Waals surface area contributed by atoms with Gasteiger partial charge in [-0.3, -0.25) is 9.55 Å². The fourth-order valence-electron chi connectivity index (χ4n) is 2.89. The van der Waals surface area contributed by atoms with Crippen molar-refractivity contribution in [2.24, 2.45) is 0 Å². The van der Waals surface area contributed by atoms with E-state index in [9.17, 15) is 0 Å². The van der Waals surface area contributed by atoms with Crippen molar-refractivity contribution in [1.29, 1.82) is 0 Å². The van der Waals surface area contributed by atoms with Gasteiger partial charge in [-0.2, -0.15) is 0 Å². The minimum atomic E-state index is 0.146. The summed E-state index contributed by atoms with van der Waals surface area (Å²) in [7, 11) is 2.06. The summed E-state index contributed by atoms with van der Waals surface area (Å²) in [4.78, 5) is 13.5. The Hall–Kier alpha value is -3.15. The maximum atomic E-state index is 4.70. The molecule has 0 saturated carbocycles. The van der Waals surface area contributed by atoms with Crippen molar-refractivity contribution >= 4 is 30.2 Å². The molecule has 4 aromatic rings. The van der Waals surface area contributed by atoms with E-state index in [4.69, 9.17) is 4.98 Å². The Kier molecular flexibility index (Phi) is 3.94. The third-order valence-electron chi connectivity index (χ3n) is 4.24. The van der Waals surface area contributed by atoms with E-state index in [-0.39, 0.29) is 6.04 Å². The molecule has 122 valence electrons. The van der Waals surface area contributed by atoms with Crippen LogP contribution in [0, 0.1) is 0 Å². The second-order valence-corrected chi connectivity index (χ2v) is 6.15. The molecule has 6 heteroatoms. The maximum absolute atomic E-state index is 4.70. The molecule has 0 aliphatic carbocycles. The van der Waals surface area contributed by atoms with Crippen LogP contribution in [0.4, 0.5) is 5.82 Å². The minimum absolute atomic E-state index is 0.146. The first-order valence-corrected chi connectivity index (χ1v) is 8.28. The first-order valence-electron chi connectivity index (χ1n) is 8.28. The van der Waals surface area contributed by atoms with Crippen molar-refractivity contribution in [2.75, 3.05) is 5.32 Å². The molecule has 2 heterocycles. The van der Waals surface area contributed by atoms with Crippen molar-refractivity contribution in [1.82, 2.24) is 19.5 Å². The number of hydrogen-bond acceptors (Lipinski definition) is 4. The van der Waals surface area contributed by atoms with E-state index in [1.807, 2.05) is 22.8 Å². The lowest BCUT2D eigenvalue weighted by atomic mass is 9.96. The molecule has 2 aromatic carbocycles. The Balaban J connectivity index is 1.65. The number of imidazole rings is 1. The zero-order chi connectivity index (χ0) is 17.2. The highest BCUT2D eigenvalue weighted by Crippen LogP contribution is 2.19.